The van der Waals surface area contributed by atoms with E-state index in [-0.39, 0.29) is 0 Å². The van der Waals surface area contributed by atoms with E-state index in [1.54, 1.807) is 13.8 Å². The number of fused-ring (bicyclic) bond motifs is 1. The summed E-state index contributed by atoms with van der Waals surface area (Å²) in [5, 5.41) is 0. The van der Waals surface area contributed by atoms with Crippen molar-refractivity contribution in [1.82, 2.24) is 0 Å². The molecule has 2 aliphatic heterocycles. The maximum absolute atomic E-state index is 11.5. The van der Waals surface area contributed by atoms with Crippen LogP contribution in [0.3, 0.4) is 0 Å². The van der Waals surface area contributed by atoms with Crippen molar-refractivity contribution in [3.05, 3.63) is 0 Å². The zero-order chi connectivity index (χ0) is 18.3. The second-order valence-corrected chi connectivity index (χ2v) is 9.34. The van der Waals surface area contributed by atoms with E-state index in [4.69, 9.17) is 23.1 Å². The Bertz CT molecular complexity index is 655. The van der Waals surface area contributed by atoms with Crippen LogP contribution in [0.4, 0.5) is 0 Å². The third kappa shape index (κ3) is 5.08. The molecule has 0 spiro atoms. The SMILES string of the molecule is CO[C@H]1O[C@H]([C@@H](COS(C)(=O)=O)OS(C)(=O)=O)[C@@H]2OC(C)(C)O[C@H]12. The minimum atomic E-state index is -3.90. The molecule has 142 valence electrons. The Kier molecular flexibility index (Phi) is 5.63. The van der Waals surface area contributed by atoms with Gasteiger partial charge in [-0.05, 0) is 13.8 Å². The molecule has 0 aromatic rings. The van der Waals surface area contributed by atoms with Crippen molar-refractivity contribution in [2.75, 3.05) is 26.2 Å². The van der Waals surface area contributed by atoms with E-state index in [0.29, 0.717) is 0 Å². The van der Waals surface area contributed by atoms with Crippen molar-refractivity contribution in [3.8, 4) is 0 Å². The van der Waals surface area contributed by atoms with E-state index in [2.05, 4.69) is 4.18 Å². The van der Waals surface area contributed by atoms with Gasteiger partial charge in [0.1, 0.15) is 24.4 Å². The number of hydrogen-bond donors (Lipinski definition) is 0. The standard InChI is InChI=1S/C12H22O10S2/c1-12(2)20-9-8(19-11(17-3)10(9)21-12)7(22-24(5,15)16)6-18-23(4,13)14/h7-11H,6H2,1-5H3/t7-,8-,9+,10+,11+/m1/s1. The highest BCUT2D eigenvalue weighted by molar-refractivity contribution is 7.86. The quantitative estimate of drug-likeness (QED) is 0.510. The van der Waals surface area contributed by atoms with Crippen molar-refractivity contribution >= 4 is 20.2 Å². The molecule has 2 aliphatic rings. The Morgan fingerprint density at radius 2 is 1.62 bits per heavy atom. The topological polar surface area (TPSA) is 124 Å². The number of ether oxygens (including phenoxy) is 4. The van der Waals surface area contributed by atoms with E-state index in [1.807, 2.05) is 0 Å². The lowest BCUT2D eigenvalue weighted by Crippen LogP contribution is -2.43. The van der Waals surface area contributed by atoms with Gasteiger partial charge in [0, 0.05) is 7.11 Å². The van der Waals surface area contributed by atoms with Gasteiger partial charge < -0.3 is 18.9 Å². The lowest BCUT2D eigenvalue weighted by molar-refractivity contribution is -0.236. The molecule has 2 saturated heterocycles. The van der Waals surface area contributed by atoms with Crippen molar-refractivity contribution in [1.29, 1.82) is 0 Å². The molecule has 2 heterocycles. The number of methoxy groups -OCH3 is 1. The van der Waals surface area contributed by atoms with E-state index < -0.39 is 63.3 Å². The first-order valence-corrected chi connectivity index (χ1v) is 10.7. The van der Waals surface area contributed by atoms with Gasteiger partial charge in [0.05, 0.1) is 19.1 Å². The molecule has 12 heteroatoms. The summed E-state index contributed by atoms with van der Waals surface area (Å²) in [6.07, 6.45) is -2.65. The highest BCUT2D eigenvalue weighted by atomic mass is 32.2. The number of hydrogen-bond acceptors (Lipinski definition) is 10. The Labute approximate surface area is 141 Å². The molecular formula is C12H22O10S2. The first-order valence-electron chi connectivity index (χ1n) is 7.08. The van der Waals surface area contributed by atoms with Gasteiger partial charge in [-0.3, -0.25) is 8.37 Å². The summed E-state index contributed by atoms with van der Waals surface area (Å²) in [4.78, 5) is 0. The molecule has 0 aromatic heterocycles. The molecule has 2 rings (SSSR count). The Morgan fingerprint density at radius 1 is 1.04 bits per heavy atom. The van der Waals surface area contributed by atoms with Crippen LogP contribution in [0.5, 0.6) is 0 Å². The van der Waals surface area contributed by atoms with E-state index in [1.165, 1.54) is 7.11 Å². The lowest BCUT2D eigenvalue weighted by Gasteiger charge is -2.27. The summed E-state index contributed by atoms with van der Waals surface area (Å²) in [5.74, 6) is -0.929. The molecule has 5 atom stereocenters. The average Bonchev–Trinajstić information content (AvgIpc) is 2.85. The third-order valence-corrected chi connectivity index (χ3v) is 4.55. The molecule has 2 fully saturated rings. The average molecular weight is 390 g/mol. The molecule has 0 N–H and O–H groups in total. The van der Waals surface area contributed by atoms with E-state index >= 15 is 0 Å². The van der Waals surface area contributed by atoms with Crippen LogP contribution in [-0.4, -0.2) is 79.6 Å². The van der Waals surface area contributed by atoms with Gasteiger partial charge in [0.2, 0.25) is 0 Å². The normalized spacial score (nSPS) is 34.2. The summed E-state index contributed by atoms with van der Waals surface area (Å²) in [6.45, 7) is 2.82. The van der Waals surface area contributed by atoms with E-state index in [0.717, 1.165) is 12.5 Å². The van der Waals surface area contributed by atoms with Crippen LogP contribution in [0.2, 0.25) is 0 Å². The first kappa shape index (κ1) is 20.0. The highest BCUT2D eigenvalue weighted by Crippen LogP contribution is 2.40. The highest BCUT2D eigenvalue weighted by Gasteiger charge is 2.58. The Hall–Kier alpha value is -0.340. The monoisotopic (exact) mass is 390 g/mol. The Morgan fingerprint density at radius 3 is 2.12 bits per heavy atom. The fourth-order valence-corrected chi connectivity index (χ4v) is 3.67. The predicted octanol–water partition coefficient (Wildman–Crippen LogP) is -0.801. The van der Waals surface area contributed by atoms with Crippen LogP contribution >= 0.6 is 0 Å². The molecule has 10 nitrogen and oxygen atoms in total. The maximum Gasteiger partial charge on any atom is 0.264 e. The zero-order valence-corrected chi connectivity index (χ0v) is 15.6. The van der Waals surface area contributed by atoms with Crippen LogP contribution in [0.25, 0.3) is 0 Å². The smallest absolute Gasteiger partial charge is 0.264 e. The molecule has 0 amide bonds. The van der Waals surface area contributed by atoms with Crippen LogP contribution < -0.4 is 0 Å². The van der Waals surface area contributed by atoms with E-state index in [9.17, 15) is 16.8 Å². The van der Waals surface area contributed by atoms with Crippen molar-refractivity contribution in [3.63, 3.8) is 0 Å². The molecule has 0 unspecified atom stereocenters. The van der Waals surface area contributed by atoms with Gasteiger partial charge >= 0.3 is 0 Å². The molecule has 0 bridgehead atoms. The first-order chi connectivity index (χ1) is 10.8. The van der Waals surface area contributed by atoms with Crippen LogP contribution in [0, 0.1) is 0 Å². The van der Waals surface area contributed by atoms with Gasteiger partial charge in [0.15, 0.2) is 12.1 Å². The van der Waals surface area contributed by atoms with Crippen LogP contribution in [0.1, 0.15) is 13.8 Å². The molecule has 0 aromatic carbocycles. The van der Waals surface area contributed by atoms with Gasteiger partial charge in [-0.25, -0.2) is 0 Å². The fraction of sp³-hybridized carbons (Fsp3) is 1.00. The molecule has 0 radical (unpaired) electrons. The maximum atomic E-state index is 11.5. The van der Waals surface area contributed by atoms with Gasteiger partial charge in [0.25, 0.3) is 20.2 Å². The minimum absolute atomic E-state index is 0.556. The molecule has 0 saturated carbocycles. The molecular weight excluding hydrogens is 368 g/mol. The fourth-order valence-electron chi connectivity index (χ4n) is 2.67. The van der Waals surface area contributed by atoms with Crippen molar-refractivity contribution in [2.45, 2.75) is 50.3 Å². The van der Waals surface area contributed by atoms with Gasteiger partial charge in [-0.1, -0.05) is 0 Å². The minimum Gasteiger partial charge on any atom is -0.353 e. The Balaban J connectivity index is 2.24. The van der Waals surface area contributed by atoms with Gasteiger partial charge in [-0.15, -0.1) is 0 Å². The third-order valence-electron chi connectivity index (χ3n) is 3.39. The van der Waals surface area contributed by atoms with Crippen molar-refractivity contribution < 1.29 is 44.1 Å². The summed E-state index contributed by atoms with van der Waals surface area (Å²) < 4.78 is 77.3. The number of rotatable bonds is 7. The summed E-state index contributed by atoms with van der Waals surface area (Å²) >= 11 is 0. The molecule has 0 aliphatic carbocycles. The summed E-state index contributed by atoms with van der Waals surface area (Å²) in [7, 11) is -6.30. The second-order valence-electron chi connectivity index (χ2n) is 6.10. The molecule has 24 heavy (non-hydrogen) atoms. The zero-order valence-electron chi connectivity index (χ0n) is 14.0. The van der Waals surface area contributed by atoms with Crippen LogP contribution in [0.15, 0.2) is 0 Å². The second kappa shape index (κ2) is 6.76. The summed E-state index contributed by atoms with van der Waals surface area (Å²) in [6, 6.07) is 0. The lowest BCUT2D eigenvalue weighted by atomic mass is 10.1. The van der Waals surface area contributed by atoms with Gasteiger partial charge in [-0.2, -0.15) is 16.8 Å². The predicted molar refractivity (Wildman–Crippen MR) is 80.0 cm³/mol. The van der Waals surface area contributed by atoms with Crippen molar-refractivity contribution in [2.24, 2.45) is 0 Å². The van der Waals surface area contributed by atoms with Crippen LogP contribution in [-0.2, 0) is 47.5 Å². The largest absolute Gasteiger partial charge is 0.353 e. The summed E-state index contributed by atoms with van der Waals surface area (Å²) in [5.41, 5.74) is 0.